The zero-order valence-electron chi connectivity index (χ0n) is 14.2. The molecule has 2 N–H and O–H groups in total. The maximum atomic E-state index is 13.2. The monoisotopic (exact) mass is 351 g/mol. The highest BCUT2D eigenvalue weighted by molar-refractivity contribution is 5.88. The van der Waals surface area contributed by atoms with Gasteiger partial charge in [-0.2, -0.15) is 10.1 Å². The lowest BCUT2D eigenvalue weighted by molar-refractivity contribution is -0.114. The number of nitrogens with zero attached hydrogens (tertiary/aromatic N) is 3. The minimum Gasteiger partial charge on any atom is -0.348 e. The molecule has 1 aromatic heterocycles. The number of fused-ring (bicyclic) bond motifs is 1. The van der Waals surface area contributed by atoms with Crippen molar-refractivity contribution in [2.24, 2.45) is 0 Å². The van der Waals surface area contributed by atoms with E-state index in [9.17, 15) is 9.18 Å². The fourth-order valence-corrected chi connectivity index (χ4v) is 3.30. The van der Waals surface area contributed by atoms with E-state index in [1.54, 1.807) is 12.1 Å². The molecule has 0 bridgehead atoms. The molecule has 0 fully saturated rings. The van der Waals surface area contributed by atoms with Crippen LogP contribution in [0.3, 0.4) is 0 Å². The molecule has 0 spiro atoms. The first kappa shape index (κ1) is 16.3. The molecule has 0 radical (unpaired) electrons. The van der Waals surface area contributed by atoms with Gasteiger partial charge in [0.2, 0.25) is 11.9 Å². The third-order valence-corrected chi connectivity index (χ3v) is 4.52. The SMILES string of the molecule is CC(=O)Nc1ccc(C2CC(c3ccc(F)cc3)Nc3ncnn32)cc1. The number of carbonyl (C=O) groups excluding carboxylic acids is 1. The van der Waals surface area contributed by atoms with E-state index in [2.05, 4.69) is 20.7 Å². The van der Waals surface area contributed by atoms with Crippen LogP contribution in [0.4, 0.5) is 16.0 Å². The lowest BCUT2D eigenvalue weighted by Gasteiger charge is -2.31. The molecule has 1 aliphatic heterocycles. The summed E-state index contributed by atoms with van der Waals surface area (Å²) in [7, 11) is 0. The molecule has 1 aliphatic rings. The first-order valence-corrected chi connectivity index (χ1v) is 8.39. The first-order valence-electron chi connectivity index (χ1n) is 8.39. The summed E-state index contributed by atoms with van der Waals surface area (Å²) in [6.07, 6.45) is 2.27. The Morgan fingerprint density at radius 2 is 1.85 bits per heavy atom. The van der Waals surface area contributed by atoms with Gasteiger partial charge < -0.3 is 10.6 Å². The summed E-state index contributed by atoms with van der Waals surface area (Å²) in [6, 6.07) is 14.2. The van der Waals surface area contributed by atoms with Crippen molar-refractivity contribution in [1.82, 2.24) is 14.8 Å². The van der Waals surface area contributed by atoms with Gasteiger partial charge in [0.1, 0.15) is 12.1 Å². The van der Waals surface area contributed by atoms with Crippen molar-refractivity contribution in [3.8, 4) is 0 Å². The van der Waals surface area contributed by atoms with E-state index >= 15 is 0 Å². The van der Waals surface area contributed by atoms with E-state index in [0.29, 0.717) is 5.95 Å². The largest absolute Gasteiger partial charge is 0.348 e. The van der Waals surface area contributed by atoms with Gasteiger partial charge in [-0.05, 0) is 41.8 Å². The molecule has 132 valence electrons. The Morgan fingerprint density at radius 1 is 1.15 bits per heavy atom. The number of anilines is 2. The number of rotatable bonds is 3. The zero-order valence-corrected chi connectivity index (χ0v) is 14.2. The second-order valence-corrected chi connectivity index (χ2v) is 6.33. The van der Waals surface area contributed by atoms with Crippen LogP contribution in [-0.4, -0.2) is 20.7 Å². The summed E-state index contributed by atoms with van der Waals surface area (Å²) in [6.45, 7) is 1.48. The highest BCUT2D eigenvalue weighted by atomic mass is 19.1. The minimum absolute atomic E-state index is 0.00446. The van der Waals surface area contributed by atoms with Crippen molar-refractivity contribution >= 4 is 17.5 Å². The Kier molecular flexibility index (Phi) is 4.12. The molecule has 7 heteroatoms. The first-order chi connectivity index (χ1) is 12.6. The van der Waals surface area contributed by atoms with Gasteiger partial charge in [-0.3, -0.25) is 4.79 Å². The number of nitrogens with one attached hydrogen (secondary N) is 2. The third kappa shape index (κ3) is 3.15. The van der Waals surface area contributed by atoms with Gasteiger partial charge in [-0.1, -0.05) is 24.3 Å². The molecular weight excluding hydrogens is 333 g/mol. The number of halogens is 1. The number of aromatic nitrogens is 3. The average molecular weight is 351 g/mol. The number of amides is 1. The Bertz CT molecular complexity index is 920. The Morgan fingerprint density at radius 3 is 2.54 bits per heavy atom. The molecule has 0 aliphatic carbocycles. The minimum atomic E-state index is -0.252. The van der Waals surface area contributed by atoms with Crippen molar-refractivity contribution in [3.63, 3.8) is 0 Å². The van der Waals surface area contributed by atoms with Crippen LogP contribution in [0.25, 0.3) is 0 Å². The third-order valence-electron chi connectivity index (χ3n) is 4.52. The van der Waals surface area contributed by atoms with Crippen molar-refractivity contribution in [2.45, 2.75) is 25.4 Å². The smallest absolute Gasteiger partial charge is 0.222 e. The lowest BCUT2D eigenvalue weighted by Crippen LogP contribution is -2.28. The van der Waals surface area contributed by atoms with Gasteiger partial charge in [0.05, 0.1) is 12.1 Å². The quantitative estimate of drug-likeness (QED) is 0.757. The topological polar surface area (TPSA) is 71.8 Å². The highest BCUT2D eigenvalue weighted by Gasteiger charge is 2.29. The molecule has 3 aromatic rings. The van der Waals surface area contributed by atoms with Crippen LogP contribution in [0.1, 0.15) is 36.6 Å². The van der Waals surface area contributed by atoms with Crippen LogP contribution in [0.5, 0.6) is 0 Å². The van der Waals surface area contributed by atoms with E-state index in [-0.39, 0.29) is 23.8 Å². The van der Waals surface area contributed by atoms with Gasteiger partial charge in [-0.15, -0.1) is 0 Å². The van der Waals surface area contributed by atoms with E-state index in [1.807, 2.05) is 28.9 Å². The van der Waals surface area contributed by atoms with Gasteiger partial charge >= 0.3 is 0 Å². The Hall–Kier alpha value is -3.22. The van der Waals surface area contributed by atoms with Crippen molar-refractivity contribution in [3.05, 3.63) is 71.8 Å². The number of hydrogen-bond acceptors (Lipinski definition) is 4. The number of hydrogen-bond donors (Lipinski definition) is 2. The Balaban J connectivity index is 1.64. The summed E-state index contributed by atoms with van der Waals surface area (Å²) >= 11 is 0. The van der Waals surface area contributed by atoms with Crippen molar-refractivity contribution in [1.29, 1.82) is 0 Å². The molecule has 4 rings (SSSR count). The Labute approximate surface area is 150 Å². The molecule has 26 heavy (non-hydrogen) atoms. The molecule has 1 amide bonds. The molecular formula is C19H18FN5O. The maximum Gasteiger partial charge on any atom is 0.222 e. The van der Waals surface area contributed by atoms with E-state index in [1.165, 1.54) is 25.4 Å². The summed E-state index contributed by atoms with van der Waals surface area (Å²) < 4.78 is 15.1. The maximum absolute atomic E-state index is 13.2. The molecule has 2 aromatic carbocycles. The number of benzene rings is 2. The van der Waals surface area contributed by atoms with E-state index in [0.717, 1.165) is 23.2 Å². The summed E-state index contributed by atoms with van der Waals surface area (Å²) in [4.78, 5) is 15.5. The van der Waals surface area contributed by atoms with Gasteiger partial charge in [0.25, 0.3) is 0 Å². The average Bonchev–Trinajstić information content (AvgIpc) is 3.10. The van der Waals surface area contributed by atoms with Crippen molar-refractivity contribution in [2.75, 3.05) is 10.6 Å². The highest BCUT2D eigenvalue weighted by Crippen LogP contribution is 2.37. The summed E-state index contributed by atoms with van der Waals surface area (Å²) in [5, 5.41) is 10.5. The van der Waals surface area contributed by atoms with Crippen LogP contribution in [0.2, 0.25) is 0 Å². The van der Waals surface area contributed by atoms with Crippen LogP contribution in [-0.2, 0) is 4.79 Å². The van der Waals surface area contributed by atoms with Gasteiger partial charge in [0, 0.05) is 12.6 Å². The van der Waals surface area contributed by atoms with Crippen LogP contribution in [0.15, 0.2) is 54.9 Å². The molecule has 2 unspecified atom stereocenters. The fourth-order valence-electron chi connectivity index (χ4n) is 3.30. The zero-order chi connectivity index (χ0) is 18.1. The summed E-state index contributed by atoms with van der Waals surface area (Å²) in [5.41, 5.74) is 2.82. The molecule has 0 saturated heterocycles. The van der Waals surface area contributed by atoms with Crippen LogP contribution < -0.4 is 10.6 Å². The summed E-state index contributed by atoms with van der Waals surface area (Å²) in [5.74, 6) is 0.328. The van der Waals surface area contributed by atoms with Crippen molar-refractivity contribution < 1.29 is 9.18 Å². The van der Waals surface area contributed by atoms with E-state index < -0.39 is 0 Å². The predicted molar refractivity (Wildman–Crippen MR) is 96.3 cm³/mol. The van der Waals surface area contributed by atoms with Gasteiger partial charge in [-0.25, -0.2) is 9.07 Å². The van der Waals surface area contributed by atoms with E-state index in [4.69, 9.17) is 0 Å². The van der Waals surface area contributed by atoms with Gasteiger partial charge in [0.15, 0.2) is 0 Å². The van der Waals surface area contributed by atoms with Crippen LogP contribution in [0, 0.1) is 5.82 Å². The standard InChI is InChI=1S/C19H18FN5O/c1-12(26)23-16-8-4-14(5-9-16)18-10-17(13-2-6-15(20)7-3-13)24-19-21-11-22-25(18)19/h2-9,11,17-18H,10H2,1H3,(H,23,26)(H,21,22,24). The second-order valence-electron chi connectivity index (χ2n) is 6.33. The van der Waals surface area contributed by atoms with Crippen LogP contribution >= 0.6 is 0 Å². The fraction of sp³-hybridized carbons (Fsp3) is 0.211. The molecule has 0 saturated carbocycles. The molecule has 2 atom stereocenters. The lowest BCUT2D eigenvalue weighted by atomic mass is 9.93. The normalized spacial score (nSPS) is 18.7. The molecule has 6 nitrogen and oxygen atoms in total. The predicted octanol–water partition coefficient (Wildman–Crippen LogP) is 3.52. The molecule has 2 heterocycles. The number of carbonyl (C=O) groups is 1. The second kappa shape index (κ2) is 6.59.